The Hall–Kier alpha value is -2.67. The van der Waals surface area contributed by atoms with Gasteiger partial charge in [-0.2, -0.15) is 11.3 Å². The minimum atomic E-state index is -0.451. The summed E-state index contributed by atoms with van der Waals surface area (Å²) in [5.74, 6) is -0.296. The van der Waals surface area contributed by atoms with E-state index in [0.29, 0.717) is 18.5 Å². The van der Waals surface area contributed by atoms with Crippen LogP contribution in [0.3, 0.4) is 0 Å². The highest BCUT2D eigenvalue weighted by molar-refractivity contribution is 7.08. The minimum absolute atomic E-state index is 0.0542. The number of piperazine rings is 1. The molecule has 2 atom stereocenters. The molecule has 3 heterocycles. The van der Waals surface area contributed by atoms with Crippen LogP contribution in [0.5, 0.6) is 0 Å². The average Bonchev–Trinajstić information content (AvgIpc) is 3.30. The molecule has 2 aliphatic heterocycles. The zero-order valence-corrected chi connectivity index (χ0v) is 15.2. The summed E-state index contributed by atoms with van der Waals surface area (Å²) in [6.45, 7) is 0.502. The number of likely N-dealkylation sites (N-methyl/N-ethyl adjacent to an activating group) is 1. The van der Waals surface area contributed by atoms with Gasteiger partial charge < -0.3 is 15.1 Å². The zero-order chi connectivity index (χ0) is 18.3. The fourth-order valence-corrected chi connectivity index (χ4v) is 4.25. The predicted octanol–water partition coefficient (Wildman–Crippen LogP) is 1.59. The molecule has 4 rings (SSSR count). The van der Waals surface area contributed by atoms with E-state index in [1.165, 1.54) is 4.90 Å². The lowest BCUT2D eigenvalue weighted by Gasteiger charge is -2.33. The van der Waals surface area contributed by atoms with Crippen LogP contribution < -0.4 is 5.32 Å². The topological polar surface area (TPSA) is 69.7 Å². The van der Waals surface area contributed by atoms with E-state index >= 15 is 0 Å². The number of thiophene rings is 1. The zero-order valence-electron chi connectivity index (χ0n) is 14.3. The van der Waals surface area contributed by atoms with Gasteiger partial charge in [0.15, 0.2) is 0 Å². The van der Waals surface area contributed by atoms with Crippen LogP contribution >= 0.6 is 11.3 Å². The standard InChI is InChI=1S/C19H19N3O3S/c1-21-10-17(23)22-9-15(8-16(22)19(21)25)20-18(24)13-4-2-12(3-5-13)14-6-7-26-11-14/h2-7,11,15-16H,8-10H2,1H3,(H,20,24)/t15-,16-/m0/s1. The molecule has 0 bridgehead atoms. The van der Waals surface area contributed by atoms with Crippen LogP contribution in [0.4, 0.5) is 0 Å². The summed E-state index contributed by atoms with van der Waals surface area (Å²) in [4.78, 5) is 39.9. The first kappa shape index (κ1) is 16.8. The lowest BCUT2D eigenvalue weighted by atomic mass is 10.1. The smallest absolute Gasteiger partial charge is 0.251 e. The van der Waals surface area contributed by atoms with Crippen molar-refractivity contribution < 1.29 is 14.4 Å². The number of nitrogens with zero attached hydrogens (tertiary/aromatic N) is 2. The molecular formula is C19H19N3O3S. The maximum absolute atomic E-state index is 12.5. The third-order valence-corrected chi connectivity index (χ3v) is 5.68. The maximum Gasteiger partial charge on any atom is 0.251 e. The molecule has 2 fully saturated rings. The lowest BCUT2D eigenvalue weighted by molar-refractivity contribution is -0.152. The van der Waals surface area contributed by atoms with Crippen molar-refractivity contribution in [2.75, 3.05) is 20.1 Å². The Morgan fingerprint density at radius 3 is 2.62 bits per heavy atom. The third kappa shape index (κ3) is 2.99. The fraction of sp³-hybridized carbons (Fsp3) is 0.316. The lowest BCUT2D eigenvalue weighted by Crippen LogP contribution is -2.55. The molecule has 26 heavy (non-hydrogen) atoms. The molecule has 0 radical (unpaired) electrons. The average molecular weight is 369 g/mol. The molecule has 1 N–H and O–H groups in total. The molecule has 1 aromatic carbocycles. The number of benzene rings is 1. The first-order valence-corrected chi connectivity index (χ1v) is 9.45. The fourth-order valence-electron chi connectivity index (χ4n) is 3.59. The molecule has 1 aromatic heterocycles. The van der Waals surface area contributed by atoms with E-state index in [0.717, 1.165) is 11.1 Å². The molecule has 6 nitrogen and oxygen atoms in total. The number of hydrogen-bond acceptors (Lipinski definition) is 4. The summed E-state index contributed by atoms with van der Waals surface area (Å²) >= 11 is 1.63. The van der Waals surface area contributed by atoms with Crippen molar-refractivity contribution in [1.82, 2.24) is 15.1 Å². The van der Waals surface area contributed by atoms with Gasteiger partial charge in [-0.05, 0) is 46.5 Å². The molecule has 0 aliphatic carbocycles. The maximum atomic E-state index is 12.5. The first-order valence-electron chi connectivity index (χ1n) is 8.51. The highest BCUT2D eigenvalue weighted by Crippen LogP contribution is 2.25. The van der Waals surface area contributed by atoms with Crippen molar-refractivity contribution in [3.05, 3.63) is 46.7 Å². The van der Waals surface area contributed by atoms with Crippen LogP contribution in [-0.4, -0.2) is 59.7 Å². The Balaban J connectivity index is 1.42. The molecule has 0 unspecified atom stereocenters. The van der Waals surface area contributed by atoms with Crippen LogP contribution in [0.25, 0.3) is 11.1 Å². The molecule has 7 heteroatoms. The van der Waals surface area contributed by atoms with Gasteiger partial charge in [-0.1, -0.05) is 12.1 Å². The first-order chi connectivity index (χ1) is 12.5. The molecule has 0 spiro atoms. The van der Waals surface area contributed by atoms with Crippen LogP contribution in [0, 0.1) is 0 Å². The normalized spacial score (nSPS) is 22.5. The van der Waals surface area contributed by atoms with Crippen molar-refractivity contribution in [2.45, 2.75) is 18.5 Å². The molecular weight excluding hydrogens is 350 g/mol. The number of nitrogens with one attached hydrogen (secondary N) is 1. The van der Waals surface area contributed by atoms with Gasteiger partial charge in [-0.15, -0.1) is 0 Å². The van der Waals surface area contributed by atoms with Crippen molar-refractivity contribution in [1.29, 1.82) is 0 Å². The number of carbonyl (C=O) groups is 3. The number of rotatable bonds is 3. The summed E-state index contributed by atoms with van der Waals surface area (Å²) in [7, 11) is 1.64. The van der Waals surface area contributed by atoms with E-state index in [2.05, 4.69) is 10.7 Å². The van der Waals surface area contributed by atoms with Crippen LogP contribution in [-0.2, 0) is 9.59 Å². The monoisotopic (exact) mass is 369 g/mol. The molecule has 3 amide bonds. The summed E-state index contributed by atoms with van der Waals surface area (Å²) in [6, 6.07) is 8.84. The van der Waals surface area contributed by atoms with Gasteiger partial charge in [0.2, 0.25) is 11.8 Å². The molecule has 0 saturated carbocycles. The Kier molecular flexibility index (Phi) is 4.24. The second kappa shape index (κ2) is 6.57. The SMILES string of the molecule is CN1CC(=O)N2C[C@@H](NC(=O)c3ccc(-c4ccsc4)cc3)C[C@H]2C1=O. The second-order valence-electron chi connectivity index (χ2n) is 6.75. The van der Waals surface area contributed by atoms with Gasteiger partial charge in [0, 0.05) is 25.2 Å². The van der Waals surface area contributed by atoms with Crippen molar-refractivity contribution in [3.8, 4) is 11.1 Å². The third-order valence-electron chi connectivity index (χ3n) is 4.99. The van der Waals surface area contributed by atoms with E-state index < -0.39 is 6.04 Å². The number of amides is 3. The minimum Gasteiger partial charge on any atom is -0.347 e. The number of carbonyl (C=O) groups excluding carboxylic acids is 3. The highest BCUT2D eigenvalue weighted by Gasteiger charge is 2.44. The highest BCUT2D eigenvalue weighted by atomic mass is 32.1. The van der Waals surface area contributed by atoms with Crippen LogP contribution in [0.1, 0.15) is 16.8 Å². The van der Waals surface area contributed by atoms with Crippen LogP contribution in [0.15, 0.2) is 41.1 Å². The summed E-state index contributed by atoms with van der Waals surface area (Å²) in [6.07, 6.45) is 0.466. The summed E-state index contributed by atoms with van der Waals surface area (Å²) in [5, 5.41) is 7.04. The van der Waals surface area contributed by atoms with Crippen molar-refractivity contribution in [2.24, 2.45) is 0 Å². The van der Waals surface area contributed by atoms with Gasteiger partial charge >= 0.3 is 0 Å². The van der Waals surface area contributed by atoms with Crippen molar-refractivity contribution in [3.63, 3.8) is 0 Å². The summed E-state index contributed by atoms with van der Waals surface area (Å²) < 4.78 is 0. The quantitative estimate of drug-likeness (QED) is 0.893. The van der Waals surface area contributed by atoms with E-state index in [1.54, 1.807) is 35.4 Å². The van der Waals surface area contributed by atoms with Gasteiger partial charge in [-0.3, -0.25) is 14.4 Å². The molecule has 2 aliphatic rings. The Morgan fingerprint density at radius 2 is 1.92 bits per heavy atom. The number of fused-ring (bicyclic) bond motifs is 1. The van der Waals surface area contributed by atoms with E-state index in [9.17, 15) is 14.4 Å². The van der Waals surface area contributed by atoms with Gasteiger partial charge in [0.05, 0.1) is 6.54 Å². The van der Waals surface area contributed by atoms with Gasteiger partial charge in [0.1, 0.15) is 6.04 Å². The van der Waals surface area contributed by atoms with E-state index in [1.807, 2.05) is 23.6 Å². The Labute approximate surface area is 155 Å². The van der Waals surface area contributed by atoms with Crippen LogP contribution in [0.2, 0.25) is 0 Å². The van der Waals surface area contributed by atoms with E-state index in [4.69, 9.17) is 0 Å². The molecule has 2 saturated heterocycles. The second-order valence-corrected chi connectivity index (χ2v) is 7.53. The largest absolute Gasteiger partial charge is 0.347 e. The van der Waals surface area contributed by atoms with Gasteiger partial charge in [0.25, 0.3) is 5.91 Å². The predicted molar refractivity (Wildman–Crippen MR) is 98.8 cm³/mol. The Morgan fingerprint density at radius 1 is 1.15 bits per heavy atom. The number of hydrogen-bond donors (Lipinski definition) is 1. The van der Waals surface area contributed by atoms with E-state index in [-0.39, 0.29) is 30.3 Å². The summed E-state index contributed by atoms with van der Waals surface area (Å²) in [5.41, 5.74) is 2.78. The molecule has 2 aromatic rings. The molecule has 134 valence electrons. The van der Waals surface area contributed by atoms with Gasteiger partial charge in [-0.25, -0.2) is 0 Å². The van der Waals surface area contributed by atoms with Crippen molar-refractivity contribution >= 4 is 29.1 Å². The Bertz CT molecular complexity index is 847.